The van der Waals surface area contributed by atoms with Crippen LogP contribution in [0.3, 0.4) is 0 Å². The number of H-pyrrole nitrogens is 1. The average molecular weight is 565 g/mol. The number of imidazole rings is 1. The van der Waals surface area contributed by atoms with Gasteiger partial charge < -0.3 is 19.6 Å². The van der Waals surface area contributed by atoms with Gasteiger partial charge in [0.05, 0.1) is 13.4 Å². The van der Waals surface area contributed by atoms with Crippen LogP contribution in [-0.4, -0.2) is 48.7 Å². The number of hydrogen-bond donors (Lipinski definition) is 2. The average Bonchev–Trinajstić information content (AvgIpc) is 3.57. The number of benzene rings is 1. The number of carbonyl (C=O) groups excluding carboxylic acids is 2. The van der Waals surface area contributed by atoms with E-state index in [0.29, 0.717) is 30.6 Å². The minimum Gasteiger partial charge on any atom is -0.467 e. The Labute approximate surface area is 238 Å². The molecule has 4 rings (SSSR count). The summed E-state index contributed by atoms with van der Waals surface area (Å²) in [5, 5.41) is 3.88. The van der Waals surface area contributed by atoms with Crippen LogP contribution >= 0.6 is 0 Å². The van der Waals surface area contributed by atoms with Gasteiger partial charge in [0.25, 0.3) is 5.56 Å². The number of nitrogens with zero attached hydrogens (tertiary/aromatic N) is 4. The molecule has 0 spiro atoms. The molecule has 0 radical (unpaired) electrons. The second-order valence-corrected chi connectivity index (χ2v) is 10.6. The maximum atomic E-state index is 12.8. The Kier molecular flexibility index (Phi) is 10.2. The fourth-order valence-electron chi connectivity index (χ4n) is 5.33. The molecule has 0 aliphatic carbocycles. The van der Waals surface area contributed by atoms with Crippen molar-refractivity contribution >= 4 is 33.9 Å². The van der Waals surface area contributed by atoms with Gasteiger partial charge in [-0.05, 0) is 24.5 Å². The summed E-state index contributed by atoms with van der Waals surface area (Å²) < 4.78 is 9.32. The Morgan fingerprint density at radius 1 is 1.00 bits per heavy atom. The first-order valence-electron chi connectivity index (χ1n) is 14.3. The smallest absolute Gasteiger partial charge is 0.332 e. The highest BCUT2D eigenvalue weighted by atomic mass is 16.5. The molecule has 3 aromatic heterocycles. The van der Waals surface area contributed by atoms with Crippen LogP contribution in [0.1, 0.15) is 63.4 Å². The number of methoxy groups -OCH3 is 1. The summed E-state index contributed by atoms with van der Waals surface area (Å²) in [6.45, 7) is 0.397. The number of aromatic amines is 1. The summed E-state index contributed by atoms with van der Waals surface area (Å²) in [7, 11) is 4.72. The molecule has 2 N–H and O–H groups in total. The van der Waals surface area contributed by atoms with Gasteiger partial charge in [-0.1, -0.05) is 56.7 Å². The van der Waals surface area contributed by atoms with Crippen LogP contribution < -0.4 is 16.6 Å². The van der Waals surface area contributed by atoms with Crippen molar-refractivity contribution in [1.29, 1.82) is 0 Å². The van der Waals surface area contributed by atoms with Crippen LogP contribution in [0.15, 0.2) is 46.4 Å². The molecule has 1 amide bonds. The third-order valence-electron chi connectivity index (χ3n) is 7.66. The van der Waals surface area contributed by atoms with Gasteiger partial charge in [0, 0.05) is 50.6 Å². The van der Waals surface area contributed by atoms with Crippen molar-refractivity contribution in [1.82, 2.24) is 29.0 Å². The molecule has 0 saturated heterocycles. The molecule has 3 heterocycles. The number of fused-ring (bicyclic) bond motifs is 2. The second kappa shape index (κ2) is 14.0. The number of hydrogen-bond acceptors (Lipinski definition) is 6. The molecule has 4 aromatic rings. The van der Waals surface area contributed by atoms with Gasteiger partial charge in [-0.15, -0.1) is 0 Å². The standard InChI is InChI=1S/C30H40N6O5/c1-34-20-32-27-26(34)28(38)36(30(40)35(27)2)17-13-9-7-5-4-6-8-10-16-25(37)33-24(29(39)41-3)18-21-19-31-23-15-12-11-14-22(21)23/h11-12,14-15,19-20,24,31H,4-10,13,16-18H2,1-3H3,(H,33,37). The largest absolute Gasteiger partial charge is 0.467 e. The summed E-state index contributed by atoms with van der Waals surface area (Å²) in [5.74, 6) is -0.600. The maximum absolute atomic E-state index is 12.8. The number of ether oxygens (including phenoxy) is 1. The lowest BCUT2D eigenvalue weighted by molar-refractivity contribution is -0.145. The molecule has 11 heteroatoms. The van der Waals surface area contributed by atoms with Gasteiger partial charge in [0.2, 0.25) is 5.91 Å². The third-order valence-corrected chi connectivity index (χ3v) is 7.66. The Hall–Kier alpha value is -4.15. The Morgan fingerprint density at radius 2 is 1.68 bits per heavy atom. The fraction of sp³-hybridized carbons (Fsp3) is 0.500. The number of amides is 1. The van der Waals surface area contributed by atoms with Crippen molar-refractivity contribution in [2.24, 2.45) is 14.1 Å². The summed E-state index contributed by atoms with van der Waals surface area (Å²) in [6, 6.07) is 7.13. The molecule has 1 unspecified atom stereocenters. The monoisotopic (exact) mass is 564 g/mol. The normalized spacial score (nSPS) is 12.2. The predicted molar refractivity (Wildman–Crippen MR) is 158 cm³/mol. The van der Waals surface area contributed by atoms with Crippen LogP contribution in [0, 0.1) is 0 Å². The Bertz CT molecular complexity index is 1610. The minimum atomic E-state index is -0.728. The van der Waals surface area contributed by atoms with Crippen molar-refractivity contribution in [3.8, 4) is 0 Å². The van der Waals surface area contributed by atoms with E-state index in [9.17, 15) is 19.2 Å². The number of aryl methyl sites for hydroxylation is 2. The third kappa shape index (κ3) is 7.14. The van der Waals surface area contributed by atoms with E-state index in [1.165, 1.54) is 16.2 Å². The number of para-hydroxylation sites is 1. The van der Waals surface area contributed by atoms with Crippen LogP contribution in [0.25, 0.3) is 22.1 Å². The second-order valence-electron chi connectivity index (χ2n) is 10.6. The van der Waals surface area contributed by atoms with E-state index in [4.69, 9.17) is 4.74 Å². The lowest BCUT2D eigenvalue weighted by atomic mass is 10.0. The summed E-state index contributed by atoms with van der Waals surface area (Å²) in [4.78, 5) is 57.6. The lowest BCUT2D eigenvalue weighted by Crippen LogP contribution is -2.42. The number of nitrogens with one attached hydrogen (secondary N) is 2. The van der Waals surface area contributed by atoms with E-state index >= 15 is 0 Å². The van der Waals surface area contributed by atoms with Crippen molar-refractivity contribution in [3.63, 3.8) is 0 Å². The molecule has 1 atom stereocenters. The Morgan fingerprint density at radius 3 is 2.41 bits per heavy atom. The predicted octanol–water partition coefficient (Wildman–Crippen LogP) is 3.33. The zero-order valence-electron chi connectivity index (χ0n) is 24.1. The van der Waals surface area contributed by atoms with Gasteiger partial charge in [0.1, 0.15) is 6.04 Å². The number of aromatic nitrogens is 5. The SMILES string of the molecule is COC(=O)C(Cc1c[nH]c2ccccc12)NC(=O)CCCCCCCCCCn1c(=O)c2c(ncn2C)n(C)c1=O. The van der Waals surface area contributed by atoms with E-state index in [1.54, 1.807) is 25.0 Å². The van der Waals surface area contributed by atoms with Gasteiger partial charge in [0.15, 0.2) is 11.2 Å². The number of rotatable bonds is 15. The molecule has 0 aliphatic rings. The summed E-state index contributed by atoms with van der Waals surface area (Å²) >= 11 is 0. The molecule has 0 fully saturated rings. The fourth-order valence-corrected chi connectivity index (χ4v) is 5.33. The molecular weight excluding hydrogens is 524 g/mol. The highest BCUT2D eigenvalue weighted by Crippen LogP contribution is 2.19. The number of carbonyl (C=O) groups is 2. The van der Waals surface area contributed by atoms with Crippen LogP contribution in [-0.2, 0) is 41.4 Å². The molecule has 41 heavy (non-hydrogen) atoms. The van der Waals surface area contributed by atoms with E-state index in [1.807, 2.05) is 30.5 Å². The van der Waals surface area contributed by atoms with E-state index < -0.39 is 12.0 Å². The van der Waals surface area contributed by atoms with Crippen LogP contribution in [0.2, 0.25) is 0 Å². The molecular formula is C30H40N6O5. The van der Waals surface area contributed by atoms with Crippen molar-refractivity contribution < 1.29 is 14.3 Å². The van der Waals surface area contributed by atoms with Crippen LogP contribution in [0.4, 0.5) is 0 Å². The van der Waals surface area contributed by atoms with Crippen LogP contribution in [0.5, 0.6) is 0 Å². The first-order valence-corrected chi connectivity index (χ1v) is 14.3. The molecule has 0 bridgehead atoms. The number of esters is 1. The summed E-state index contributed by atoms with van der Waals surface area (Å²) in [6.07, 6.45) is 11.7. The van der Waals surface area contributed by atoms with Gasteiger partial charge in [-0.3, -0.25) is 18.7 Å². The number of unbranched alkanes of at least 4 members (excludes halogenated alkanes) is 7. The zero-order chi connectivity index (χ0) is 29.4. The van der Waals surface area contributed by atoms with E-state index in [-0.39, 0.29) is 17.2 Å². The quantitative estimate of drug-likeness (QED) is 0.168. The van der Waals surface area contributed by atoms with Gasteiger partial charge >= 0.3 is 11.7 Å². The molecule has 0 saturated carbocycles. The molecule has 11 nitrogen and oxygen atoms in total. The summed E-state index contributed by atoms with van der Waals surface area (Å²) in [5.41, 5.74) is 2.17. The van der Waals surface area contributed by atoms with Crippen molar-refractivity contribution in [2.75, 3.05) is 7.11 Å². The molecule has 1 aromatic carbocycles. The lowest BCUT2D eigenvalue weighted by Gasteiger charge is -2.16. The Balaban J connectivity index is 1.11. The highest BCUT2D eigenvalue weighted by molar-refractivity contribution is 5.87. The molecule has 220 valence electrons. The van der Waals surface area contributed by atoms with Crippen molar-refractivity contribution in [2.45, 2.75) is 76.8 Å². The maximum Gasteiger partial charge on any atom is 0.332 e. The first-order chi connectivity index (χ1) is 19.8. The first kappa shape index (κ1) is 29.8. The topological polar surface area (TPSA) is 133 Å². The van der Waals surface area contributed by atoms with Crippen molar-refractivity contribution in [3.05, 3.63) is 63.2 Å². The molecule has 0 aliphatic heterocycles. The minimum absolute atomic E-state index is 0.147. The van der Waals surface area contributed by atoms with Gasteiger partial charge in [-0.25, -0.2) is 14.6 Å². The van der Waals surface area contributed by atoms with E-state index in [2.05, 4.69) is 15.3 Å². The van der Waals surface area contributed by atoms with E-state index in [0.717, 1.165) is 67.8 Å². The zero-order valence-corrected chi connectivity index (χ0v) is 24.1. The highest BCUT2D eigenvalue weighted by Gasteiger charge is 2.23. The van der Waals surface area contributed by atoms with Gasteiger partial charge in [-0.2, -0.15) is 0 Å².